The van der Waals surface area contributed by atoms with Gasteiger partial charge < -0.3 is 15.6 Å². The number of carbonyl (C=O) groups excluding carboxylic acids is 1. The second-order valence-corrected chi connectivity index (χ2v) is 4.37. The van der Waals surface area contributed by atoms with Crippen molar-refractivity contribution in [3.63, 3.8) is 0 Å². The highest BCUT2D eigenvalue weighted by atomic mass is 16.2. The summed E-state index contributed by atoms with van der Waals surface area (Å²) in [5, 5.41) is 6.81. The molecule has 0 aliphatic heterocycles. The summed E-state index contributed by atoms with van der Waals surface area (Å²) < 4.78 is 3.59. The zero-order valence-corrected chi connectivity index (χ0v) is 10.9. The van der Waals surface area contributed by atoms with Crippen LogP contribution in [0.2, 0.25) is 0 Å². The molecule has 3 N–H and O–H groups in total. The van der Waals surface area contributed by atoms with E-state index in [2.05, 4.69) is 15.4 Å². The van der Waals surface area contributed by atoms with Gasteiger partial charge in [-0.25, -0.2) is 4.98 Å². The van der Waals surface area contributed by atoms with Gasteiger partial charge in [-0.15, -0.1) is 0 Å². The van der Waals surface area contributed by atoms with Gasteiger partial charge in [0.25, 0.3) is 0 Å². The third-order valence-electron chi connectivity index (χ3n) is 2.82. The van der Waals surface area contributed by atoms with Crippen molar-refractivity contribution in [2.75, 3.05) is 6.54 Å². The Labute approximate surface area is 111 Å². The number of amides is 1. The van der Waals surface area contributed by atoms with Crippen LogP contribution in [0.1, 0.15) is 18.0 Å². The van der Waals surface area contributed by atoms with Gasteiger partial charge in [0.2, 0.25) is 5.91 Å². The quantitative estimate of drug-likeness (QED) is 0.707. The lowest BCUT2D eigenvalue weighted by molar-refractivity contribution is -0.122. The van der Waals surface area contributed by atoms with Crippen molar-refractivity contribution in [1.82, 2.24) is 24.6 Å². The summed E-state index contributed by atoms with van der Waals surface area (Å²) in [5.41, 5.74) is 6.57. The molecule has 102 valence electrons. The van der Waals surface area contributed by atoms with Crippen LogP contribution in [0.25, 0.3) is 0 Å². The van der Waals surface area contributed by atoms with E-state index < -0.39 is 6.04 Å². The third-order valence-corrected chi connectivity index (χ3v) is 2.82. The highest BCUT2D eigenvalue weighted by molar-refractivity contribution is 5.82. The molecule has 2 aromatic rings. The molecule has 1 unspecified atom stereocenters. The maximum atomic E-state index is 11.8. The number of nitrogens with two attached hydrogens (primary N) is 1. The van der Waals surface area contributed by atoms with Crippen molar-refractivity contribution in [2.45, 2.75) is 19.0 Å². The van der Waals surface area contributed by atoms with Crippen molar-refractivity contribution in [3.8, 4) is 0 Å². The molecular formula is C12H18N6O. The number of nitrogens with zero attached hydrogens (tertiary/aromatic N) is 4. The molecule has 0 aromatic carbocycles. The zero-order chi connectivity index (χ0) is 13.7. The zero-order valence-electron chi connectivity index (χ0n) is 10.9. The average Bonchev–Trinajstić information content (AvgIpc) is 3.04. The van der Waals surface area contributed by atoms with Crippen LogP contribution in [0, 0.1) is 0 Å². The molecule has 0 saturated heterocycles. The van der Waals surface area contributed by atoms with Gasteiger partial charge in [0.05, 0.1) is 12.5 Å². The van der Waals surface area contributed by atoms with E-state index in [4.69, 9.17) is 5.73 Å². The SMILES string of the molecule is Cn1cc(C(N)C(=O)NCCCn2ccnc2)cn1. The topological polar surface area (TPSA) is 90.8 Å². The fourth-order valence-electron chi connectivity index (χ4n) is 1.75. The maximum absolute atomic E-state index is 11.8. The molecular weight excluding hydrogens is 244 g/mol. The second kappa shape index (κ2) is 6.14. The van der Waals surface area contributed by atoms with Crippen LogP contribution in [-0.2, 0) is 18.4 Å². The summed E-state index contributed by atoms with van der Waals surface area (Å²) in [6, 6.07) is -0.665. The first kappa shape index (κ1) is 13.3. The monoisotopic (exact) mass is 262 g/mol. The van der Waals surface area contributed by atoms with Crippen molar-refractivity contribution in [1.29, 1.82) is 0 Å². The minimum Gasteiger partial charge on any atom is -0.354 e. The van der Waals surface area contributed by atoms with Crippen molar-refractivity contribution in [3.05, 3.63) is 36.7 Å². The van der Waals surface area contributed by atoms with Gasteiger partial charge in [-0.3, -0.25) is 9.48 Å². The first-order valence-corrected chi connectivity index (χ1v) is 6.14. The van der Waals surface area contributed by atoms with E-state index in [0.717, 1.165) is 18.5 Å². The molecule has 0 fully saturated rings. The molecule has 7 heteroatoms. The number of hydrogen-bond acceptors (Lipinski definition) is 4. The number of imidazole rings is 1. The van der Waals surface area contributed by atoms with Gasteiger partial charge in [-0.1, -0.05) is 0 Å². The van der Waals surface area contributed by atoms with Gasteiger partial charge >= 0.3 is 0 Å². The van der Waals surface area contributed by atoms with Gasteiger partial charge in [0.15, 0.2) is 0 Å². The smallest absolute Gasteiger partial charge is 0.241 e. The first-order chi connectivity index (χ1) is 9.16. The Morgan fingerprint density at radius 1 is 1.58 bits per heavy atom. The summed E-state index contributed by atoms with van der Waals surface area (Å²) >= 11 is 0. The van der Waals surface area contributed by atoms with E-state index in [9.17, 15) is 4.79 Å². The Kier molecular flexibility index (Phi) is 4.30. The van der Waals surface area contributed by atoms with E-state index in [1.165, 1.54) is 0 Å². The van der Waals surface area contributed by atoms with Gasteiger partial charge in [0, 0.05) is 44.3 Å². The lowest BCUT2D eigenvalue weighted by Crippen LogP contribution is -2.34. The summed E-state index contributed by atoms with van der Waals surface area (Å²) in [4.78, 5) is 15.8. The van der Waals surface area contributed by atoms with E-state index in [0.29, 0.717) is 6.54 Å². The molecule has 7 nitrogen and oxygen atoms in total. The summed E-state index contributed by atoms with van der Waals surface area (Å²) in [6.07, 6.45) is 9.57. The number of hydrogen-bond donors (Lipinski definition) is 2. The second-order valence-electron chi connectivity index (χ2n) is 4.37. The van der Waals surface area contributed by atoms with E-state index >= 15 is 0 Å². The molecule has 1 amide bonds. The van der Waals surface area contributed by atoms with Crippen LogP contribution < -0.4 is 11.1 Å². The highest BCUT2D eigenvalue weighted by Gasteiger charge is 2.16. The Morgan fingerprint density at radius 3 is 3.05 bits per heavy atom. The highest BCUT2D eigenvalue weighted by Crippen LogP contribution is 2.08. The fraction of sp³-hybridized carbons (Fsp3) is 0.417. The van der Waals surface area contributed by atoms with Gasteiger partial charge in [-0.2, -0.15) is 5.10 Å². The predicted octanol–water partition coefficient (Wildman–Crippen LogP) is -0.177. The van der Waals surface area contributed by atoms with E-state index in [1.807, 2.05) is 10.8 Å². The van der Waals surface area contributed by atoms with Gasteiger partial charge in [0.1, 0.15) is 6.04 Å². The Bertz CT molecular complexity index is 518. The van der Waals surface area contributed by atoms with Crippen LogP contribution in [0.5, 0.6) is 0 Å². The average molecular weight is 262 g/mol. The lowest BCUT2D eigenvalue weighted by Gasteiger charge is -2.10. The number of nitrogens with one attached hydrogen (secondary N) is 1. The van der Waals surface area contributed by atoms with Crippen LogP contribution in [0.4, 0.5) is 0 Å². The summed E-state index contributed by atoms with van der Waals surface area (Å²) in [7, 11) is 1.79. The van der Waals surface area contributed by atoms with Crippen LogP contribution in [-0.4, -0.2) is 31.8 Å². The predicted molar refractivity (Wildman–Crippen MR) is 70.0 cm³/mol. The van der Waals surface area contributed by atoms with Crippen LogP contribution in [0.3, 0.4) is 0 Å². The molecule has 2 heterocycles. The Morgan fingerprint density at radius 2 is 2.42 bits per heavy atom. The summed E-state index contributed by atoms with van der Waals surface area (Å²) in [6.45, 7) is 1.41. The van der Waals surface area contributed by atoms with Crippen LogP contribution >= 0.6 is 0 Å². The number of carbonyl (C=O) groups is 1. The number of rotatable bonds is 6. The van der Waals surface area contributed by atoms with Crippen LogP contribution in [0.15, 0.2) is 31.1 Å². The Balaban J connectivity index is 1.72. The first-order valence-electron chi connectivity index (χ1n) is 6.14. The molecule has 0 bridgehead atoms. The van der Waals surface area contributed by atoms with Crippen molar-refractivity contribution < 1.29 is 4.79 Å². The molecule has 0 aliphatic rings. The maximum Gasteiger partial charge on any atom is 0.241 e. The minimum absolute atomic E-state index is 0.182. The summed E-state index contributed by atoms with van der Waals surface area (Å²) in [5.74, 6) is -0.182. The third kappa shape index (κ3) is 3.65. The molecule has 1 atom stereocenters. The molecule has 0 aliphatic carbocycles. The molecule has 0 radical (unpaired) electrons. The largest absolute Gasteiger partial charge is 0.354 e. The number of aryl methyl sites for hydroxylation is 2. The lowest BCUT2D eigenvalue weighted by atomic mass is 10.1. The molecule has 19 heavy (non-hydrogen) atoms. The standard InChI is InChI=1S/C12H18N6O/c1-17-8-10(7-16-17)11(13)12(19)15-3-2-5-18-6-4-14-9-18/h4,6-9,11H,2-3,5,13H2,1H3,(H,15,19). The van der Waals surface area contributed by atoms with E-state index in [-0.39, 0.29) is 5.91 Å². The number of aromatic nitrogens is 4. The van der Waals surface area contributed by atoms with Crippen molar-refractivity contribution in [2.24, 2.45) is 12.8 Å². The molecule has 0 spiro atoms. The molecule has 2 rings (SSSR count). The van der Waals surface area contributed by atoms with Gasteiger partial charge in [-0.05, 0) is 6.42 Å². The minimum atomic E-state index is -0.665. The van der Waals surface area contributed by atoms with Crippen molar-refractivity contribution >= 4 is 5.91 Å². The Hall–Kier alpha value is -2.15. The molecule has 2 aromatic heterocycles. The fourth-order valence-corrected chi connectivity index (χ4v) is 1.75. The molecule has 0 saturated carbocycles. The van der Waals surface area contributed by atoms with E-state index in [1.54, 1.807) is 36.6 Å². The normalized spacial score (nSPS) is 12.3.